The van der Waals surface area contributed by atoms with E-state index in [9.17, 15) is 4.79 Å². The predicted octanol–water partition coefficient (Wildman–Crippen LogP) is 7.33. The summed E-state index contributed by atoms with van der Waals surface area (Å²) in [6.45, 7) is 4.28. The van der Waals surface area contributed by atoms with E-state index in [2.05, 4.69) is 36.6 Å². The molecule has 0 bridgehead atoms. The summed E-state index contributed by atoms with van der Waals surface area (Å²) in [6, 6.07) is 29.9. The molecular formula is C33H30N4O2. The van der Waals surface area contributed by atoms with Crippen LogP contribution in [0, 0.1) is 6.92 Å². The molecule has 0 aliphatic carbocycles. The average molecular weight is 515 g/mol. The molecule has 0 saturated carbocycles. The number of aryl methyl sites for hydroxylation is 3. The lowest BCUT2D eigenvalue weighted by Gasteiger charge is -2.13. The van der Waals surface area contributed by atoms with Crippen molar-refractivity contribution in [2.45, 2.75) is 33.4 Å². The number of aromatic nitrogens is 4. The Kier molecular flexibility index (Phi) is 6.45. The van der Waals surface area contributed by atoms with Crippen molar-refractivity contribution in [2.75, 3.05) is 0 Å². The maximum atomic E-state index is 13.4. The summed E-state index contributed by atoms with van der Waals surface area (Å²) >= 11 is 0. The number of benzene rings is 4. The fourth-order valence-corrected chi connectivity index (χ4v) is 5.26. The van der Waals surface area contributed by atoms with Gasteiger partial charge in [0.1, 0.15) is 11.6 Å². The van der Waals surface area contributed by atoms with Gasteiger partial charge in [-0.25, -0.2) is 14.8 Å². The van der Waals surface area contributed by atoms with Gasteiger partial charge in [0, 0.05) is 19.0 Å². The van der Waals surface area contributed by atoms with Crippen LogP contribution in [0.15, 0.2) is 91.0 Å². The number of imidazole rings is 2. The van der Waals surface area contributed by atoms with Crippen LogP contribution >= 0.6 is 0 Å². The first-order valence-electron chi connectivity index (χ1n) is 13.3. The normalized spacial score (nSPS) is 11.4. The maximum Gasteiger partial charge on any atom is 0.340 e. The van der Waals surface area contributed by atoms with E-state index in [1.165, 1.54) is 0 Å². The summed E-state index contributed by atoms with van der Waals surface area (Å²) in [5.41, 5.74) is 8.33. The first-order chi connectivity index (χ1) is 19.0. The summed E-state index contributed by atoms with van der Waals surface area (Å²) in [6.07, 6.45) is 1.72. The molecular weight excluding hydrogens is 484 g/mol. The lowest BCUT2D eigenvalue weighted by molar-refractivity contribution is 0.0375. The molecule has 6 heteroatoms. The van der Waals surface area contributed by atoms with Crippen molar-refractivity contribution < 1.29 is 9.53 Å². The zero-order valence-electron chi connectivity index (χ0n) is 22.4. The molecule has 0 radical (unpaired) electrons. The first-order valence-corrected chi connectivity index (χ1v) is 13.3. The van der Waals surface area contributed by atoms with Crippen molar-refractivity contribution >= 4 is 28.0 Å². The van der Waals surface area contributed by atoms with Crippen LogP contribution in [0.1, 0.15) is 35.1 Å². The third kappa shape index (κ3) is 4.48. The summed E-state index contributed by atoms with van der Waals surface area (Å²) in [5, 5.41) is 0. The van der Waals surface area contributed by atoms with Crippen molar-refractivity contribution in [3.05, 3.63) is 108 Å². The van der Waals surface area contributed by atoms with E-state index in [0.29, 0.717) is 5.56 Å². The van der Waals surface area contributed by atoms with Gasteiger partial charge in [0.05, 0.1) is 27.6 Å². The number of fused-ring (bicyclic) bond motifs is 2. The van der Waals surface area contributed by atoms with Gasteiger partial charge in [-0.2, -0.15) is 0 Å². The molecule has 0 aliphatic heterocycles. The van der Waals surface area contributed by atoms with Crippen molar-refractivity contribution in [1.82, 2.24) is 19.1 Å². The highest BCUT2D eigenvalue weighted by Gasteiger charge is 2.19. The van der Waals surface area contributed by atoms with Gasteiger partial charge >= 0.3 is 5.97 Å². The molecule has 0 aliphatic rings. The Balaban J connectivity index is 1.39. The monoisotopic (exact) mass is 514 g/mol. The van der Waals surface area contributed by atoms with Gasteiger partial charge < -0.3 is 9.30 Å². The minimum Gasteiger partial charge on any atom is -0.440 e. The smallest absolute Gasteiger partial charge is 0.340 e. The SMILES string of the molecule is CCCc1nc2c(C)cc(-c3nc4ccccc4n3C)cc2n1COC(=O)c1ccccc1-c1ccccc1. The number of hydrogen-bond donors (Lipinski definition) is 0. The topological polar surface area (TPSA) is 61.9 Å². The predicted molar refractivity (Wildman–Crippen MR) is 155 cm³/mol. The van der Waals surface area contributed by atoms with Gasteiger partial charge in [-0.1, -0.05) is 67.6 Å². The standard InChI is InChI=1S/C33H30N4O2/c1-4-12-30-35-31-22(2)19-24(32-34-27-17-10-11-18-28(27)36(32)3)20-29(31)37(30)21-39-33(38)26-16-9-8-15-25(26)23-13-6-5-7-14-23/h5-11,13-20H,4,12,21H2,1-3H3. The van der Waals surface area contributed by atoms with Gasteiger partial charge in [-0.3, -0.25) is 4.57 Å². The Morgan fingerprint density at radius 1 is 0.846 bits per heavy atom. The van der Waals surface area contributed by atoms with Gasteiger partial charge in [-0.05, 0) is 60.4 Å². The fourth-order valence-electron chi connectivity index (χ4n) is 5.26. The van der Waals surface area contributed by atoms with E-state index in [0.717, 1.165) is 68.8 Å². The number of para-hydroxylation sites is 2. The maximum absolute atomic E-state index is 13.4. The van der Waals surface area contributed by atoms with E-state index in [1.54, 1.807) is 0 Å². The third-order valence-corrected chi connectivity index (χ3v) is 7.20. The highest BCUT2D eigenvalue weighted by atomic mass is 16.5. The molecule has 0 amide bonds. The number of rotatable bonds is 7. The second-order valence-electron chi connectivity index (χ2n) is 9.82. The van der Waals surface area contributed by atoms with Gasteiger partial charge in [-0.15, -0.1) is 0 Å². The second kappa shape index (κ2) is 10.2. The lowest BCUT2D eigenvalue weighted by atomic mass is 10.00. The lowest BCUT2D eigenvalue weighted by Crippen LogP contribution is -2.13. The highest BCUT2D eigenvalue weighted by molar-refractivity contribution is 5.97. The molecule has 2 aromatic heterocycles. The summed E-state index contributed by atoms with van der Waals surface area (Å²) in [7, 11) is 2.04. The molecule has 6 rings (SSSR count). The number of hydrogen-bond acceptors (Lipinski definition) is 4. The Morgan fingerprint density at radius 3 is 2.38 bits per heavy atom. The van der Waals surface area contributed by atoms with Crippen LogP contribution in [-0.4, -0.2) is 25.1 Å². The van der Waals surface area contributed by atoms with Gasteiger partial charge in [0.15, 0.2) is 6.73 Å². The molecule has 0 atom stereocenters. The Bertz CT molecular complexity index is 1810. The Labute approximate surface area is 227 Å². The molecule has 2 heterocycles. The largest absolute Gasteiger partial charge is 0.440 e. The molecule has 0 unspecified atom stereocenters. The van der Waals surface area contributed by atoms with E-state index in [-0.39, 0.29) is 12.7 Å². The molecule has 0 N–H and O–H groups in total. The Hall–Kier alpha value is -4.71. The molecule has 4 aromatic carbocycles. The first kappa shape index (κ1) is 24.6. The van der Waals surface area contributed by atoms with E-state index >= 15 is 0 Å². The van der Waals surface area contributed by atoms with Crippen LogP contribution in [0.5, 0.6) is 0 Å². The molecule has 0 saturated heterocycles. The molecule has 0 fully saturated rings. The number of nitrogens with zero attached hydrogens (tertiary/aromatic N) is 4. The summed E-state index contributed by atoms with van der Waals surface area (Å²) in [5.74, 6) is 1.43. The quantitative estimate of drug-likeness (QED) is 0.209. The van der Waals surface area contributed by atoms with Crippen molar-refractivity contribution in [1.29, 1.82) is 0 Å². The summed E-state index contributed by atoms with van der Waals surface area (Å²) in [4.78, 5) is 23.2. The number of carbonyl (C=O) groups is 1. The molecule has 6 nitrogen and oxygen atoms in total. The van der Waals surface area contributed by atoms with Gasteiger partial charge in [0.25, 0.3) is 0 Å². The molecule has 0 spiro atoms. The minimum absolute atomic E-state index is 0.0826. The van der Waals surface area contributed by atoms with E-state index in [4.69, 9.17) is 14.7 Å². The second-order valence-corrected chi connectivity index (χ2v) is 9.82. The zero-order valence-corrected chi connectivity index (χ0v) is 22.4. The minimum atomic E-state index is -0.359. The van der Waals surface area contributed by atoms with Crippen molar-refractivity contribution in [3.63, 3.8) is 0 Å². The zero-order chi connectivity index (χ0) is 26.9. The van der Waals surface area contributed by atoms with Crippen molar-refractivity contribution in [3.8, 4) is 22.5 Å². The van der Waals surface area contributed by atoms with Crippen molar-refractivity contribution in [2.24, 2.45) is 7.05 Å². The number of carbonyl (C=O) groups excluding carboxylic acids is 1. The van der Waals surface area contributed by atoms with Crippen LogP contribution in [0.4, 0.5) is 0 Å². The third-order valence-electron chi connectivity index (χ3n) is 7.20. The van der Waals surface area contributed by atoms with Crippen LogP contribution in [-0.2, 0) is 24.9 Å². The average Bonchev–Trinajstić information content (AvgIpc) is 3.50. The Morgan fingerprint density at radius 2 is 1.59 bits per heavy atom. The van der Waals surface area contributed by atoms with Gasteiger partial charge in [0.2, 0.25) is 0 Å². The number of esters is 1. The van der Waals surface area contributed by atoms with Crippen LogP contribution in [0.2, 0.25) is 0 Å². The molecule has 194 valence electrons. The number of ether oxygens (including phenoxy) is 1. The summed E-state index contributed by atoms with van der Waals surface area (Å²) < 4.78 is 10.1. The molecule has 39 heavy (non-hydrogen) atoms. The van der Waals surface area contributed by atoms with E-state index < -0.39 is 0 Å². The fraction of sp³-hybridized carbons (Fsp3) is 0.182. The van der Waals surface area contributed by atoms with Crippen LogP contribution in [0.3, 0.4) is 0 Å². The van der Waals surface area contributed by atoms with Crippen LogP contribution < -0.4 is 0 Å². The molecule has 6 aromatic rings. The highest BCUT2D eigenvalue weighted by Crippen LogP contribution is 2.30. The van der Waals surface area contributed by atoms with E-state index in [1.807, 2.05) is 84.4 Å². The van der Waals surface area contributed by atoms with Crippen LogP contribution in [0.25, 0.3) is 44.6 Å².